The summed E-state index contributed by atoms with van der Waals surface area (Å²) < 4.78 is 29.2. The summed E-state index contributed by atoms with van der Waals surface area (Å²) in [6.45, 7) is 4.89. The van der Waals surface area contributed by atoms with Crippen molar-refractivity contribution in [2.24, 2.45) is 0 Å². The molecule has 0 radical (unpaired) electrons. The number of hydrogen-bond donors (Lipinski definition) is 1. The number of carbonyl (C=O) groups excluding carboxylic acids is 2. The summed E-state index contributed by atoms with van der Waals surface area (Å²) in [5.41, 5.74) is 1.81. The number of rotatable bonds is 5. The lowest BCUT2D eigenvalue weighted by atomic mass is 10.1. The highest BCUT2D eigenvalue weighted by Gasteiger charge is 2.28. The minimum Gasteiger partial charge on any atom is -0.467 e. The van der Waals surface area contributed by atoms with Gasteiger partial charge in [0.2, 0.25) is 5.91 Å². The molecule has 1 aromatic rings. The Labute approximate surface area is 124 Å². The fourth-order valence-corrected chi connectivity index (χ4v) is 3.26. The number of amides is 1. The average molecular weight is 313 g/mol. The largest absolute Gasteiger partial charge is 0.467 e. The molecule has 7 heteroatoms. The number of aryl methyl sites for hydroxylation is 2. The van der Waals surface area contributed by atoms with Crippen LogP contribution < -0.4 is 5.32 Å². The zero-order valence-corrected chi connectivity index (χ0v) is 13.3. The molecule has 1 amide bonds. The molecule has 0 bridgehead atoms. The van der Waals surface area contributed by atoms with Crippen LogP contribution in [-0.2, 0) is 24.2 Å². The van der Waals surface area contributed by atoms with E-state index in [0.29, 0.717) is 0 Å². The number of ether oxygens (including phenoxy) is 1. The van der Waals surface area contributed by atoms with Gasteiger partial charge in [0.15, 0.2) is 9.84 Å². The molecule has 116 valence electrons. The van der Waals surface area contributed by atoms with Gasteiger partial charge in [0.1, 0.15) is 6.04 Å². The second-order valence-electron chi connectivity index (χ2n) is 4.80. The molecule has 0 saturated carbocycles. The maximum atomic E-state index is 12.3. The van der Waals surface area contributed by atoms with Crippen molar-refractivity contribution in [2.75, 3.05) is 12.9 Å². The van der Waals surface area contributed by atoms with Crippen LogP contribution in [0, 0.1) is 13.8 Å². The van der Waals surface area contributed by atoms with E-state index < -0.39 is 33.5 Å². The number of esters is 1. The van der Waals surface area contributed by atoms with Crippen LogP contribution >= 0.6 is 0 Å². The molecule has 0 fully saturated rings. The lowest BCUT2D eigenvalue weighted by Gasteiger charge is -2.16. The highest BCUT2D eigenvalue weighted by Crippen LogP contribution is 2.17. The van der Waals surface area contributed by atoms with Crippen LogP contribution in [-0.4, -0.2) is 39.2 Å². The van der Waals surface area contributed by atoms with Crippen LogP contribution in [0.2, 0.25) is 0 Å². The molecule has 1 unspecified atom stereocenters. The van der Waals surface area contributed by atoms with Crippen LogP contribution in [0.5, 0.6) is 0 Å². The summed E-state index contributed by atoms with van der Waals surface area (Å²) in [5, 5.41) is 2.29. The molecule has 0 aromatic heterocycles. The molecular formula is C14H19NO5S. The first-order valence-corrected chi connectivity index (χ1v) is 7.97. The van der Waals surface area contributed by atoms with E-state index >= 15 is 0 Å². The first-order valence-electron chi connectivity index (χ1n) is 6.32. The molecule has 1 N–H and O–H groups in total. The van der Waals surface area contributed by atoms with E-state index in [1.54, 1.807) is 19.1 Å². The summed E-state index contributed by atoms with van der Waals surface area (Å²) in [6.07, 6.45) is 0. The normalized spacial score (nSPS) is 12.6. The zero-order chi connectivity index (χ0) is 16.2. The number of benzene rings is 1. The summed E-state index contributed by atoms with van der Waals surface area (Å²) in [7, 11) is -2.58. The lowest BCUT2D eigenvalue weighted by molar-refractivity contribution is -0.144. The van der Waals surface area contributed by atoms with E-state index in [1.807, 2.05) is 6.92 Å². The van der Waals surface area contributed by atoms with Crippen LogP contribution in [0.1, 0.15) is 18.1 Å². The minimum absolute atomic E-state index is 0.116. The minimum atomic E-state index is -3.72. The van der Waals surface area contributed by atoms with Crippen molar-refractivity contribution in [1.29, 1.82) is 0 Å². The molecule has 1 rings (SSSR count). The van der Waals surface area contributed by atoms with Crippen molar-refractivity contribution < 1.29 is 22.7 Å². The number of methoxy groups -OCH3 is 1. The van der Waals surface area contributed by atoms with Gasteiger partial charge in [-0.1, -0.05) is 6.07 Å². The average Bonchev–Trinajstić information content (AvgIpc) is 2.39. The van der Waals surface area contributed by atoms with Crippen LogP contribution in [0.25, 0.3) is 0 Å². The van der Waals surface area contributed by atoms with Crippen LogP contribution in [0.4, 0.5) is 0 Å². The van der Waals surface area contributed by atoms with E-state index in [0.717, 1.165) is 18.2 Å². The Bertz CT molecular complexity index is 651. The molecule has 0 aliphatic heterocycles. The van der Waals surface area contributed by atoms with E-state index in [4.69, 9.17) is 0 Å². The third-order valence-electron chi connectivity index (χ3n) is 3.09. The number of carbonyl (C=O) groups is 2. The van der Waals surface area contributed by atoms with Gasteiger partial charge in [-0.25, -0.2) is 13.2 Å². The molecule has 1 aromatic carbocycles. The summed E-state index contributed by atoms with van der Waals surface area (Å²) in [5.74, 6) is -1.83. The Morgan fingerprint density at radius 3 is 2.33 bits per heavy atom. The summed E-state index contributed by atoms with van der Waals surface area (Å²) in [6, 6.07) is 3.51. The van der Waals surface area contributed by atoms with Gasteiger partial charge >= 0.3 is 5.97 Å². The Balaban J connectivity index is 3.07. The molecule has 0 aliphatic carbocycles. The smallest absolute Gasteiger partial charge is 0.329 e. The van der Waals surface area contributed by atoms with E-state index in [9.17, 15) is 18.0 Å². The monoisotopic (exact) mass is 313 g/mol. The molecule has 21 heavy (non-hydrogen) atoms. The Morgan fingerprint density at radius 1 is 1.24 bits per heavy atom. The number of hydrogen-bond acceptors (Lipinski definition) is 5. The maximum Gasteiger partial charge on any atom is 0.329 e. The first kappa shape index (κ1) is 17.2. The highest BCUT2D eigenvalue weighted by molar-refractivity contribution is 7.91. The molecule has 0 heterocycles. The van der Waals surface area contributed by atoms with Gasteiger partial charge in [-0.3, -0.25) is 4.79 Å². The fraction of sp³-hybridized carbons (Fsp3) is 0.429. The van der Waals surface area contributed by atoms with Crippen LogP contribution in [0.15, 0.2) is 23.1 Å². The Morgan fingerprint density at radius 2 is 1.86 bits per heavy atom. The van der Waals surface area contributed by atoms with Gasteiger partial charge in [-0.15, -0.1) is 0 Å². The maximum absolute atomic E-state index is 12.3. The Kier molecular flexibility index (Phi) is 5.48. The third-order valence-corrected chi connectivity index (χ3v) is 4.83. The van der Waals surface area contributed by atoms with Gasteiger partial charge < -0.3 is 10.1 Å². The highest BCUT2D eigenvalue weighted by atomic mass is 32.2. The second-order valence-corrected chi connectivity index (χ2v) is 6.84. The van der Waals surface area contributed by atoms with Gasteiger partial charge in [-0.05, 0) is 37.1 Å². The van der Waals surface area contributed by atoms with Gasteiger partial charge in [0, 0.05) is 6.92 Å². The SMILES string of the molecule is COC(=O)C(CS(=O)(=O)c1ccc(C)c(C)c1)NC(C)=O. The predicted molar refractivity (Wildman–Crippen MR) is 77.6 cm³/mol. The van der Waals surface area contributed by atoms with E-state index in [-0.39, 0.29) is 4.90 Å². The van der Waals surface area contributed by atoms with E-state index in [1.165, 1.54) is 13.0 Å². The molecule has 6 nitrogen and oxygen atoms in total. The van der Waals surface area contributed by atoms with Crippen molar-refractivity contribution in [2.45, 2.75) is 31.7 Å². The molecule has 1 atom stereocenters. The summed E-state index contributed by atoms with van der Waals surface area (Å²) in [4.78, 5) is 22.8. The third kappa shape index (κ3) is 4.56. The number of nitrogens with one attached hydrogen (secondary N) is 1. The lowest BCUT2D eigenvalue weighted by Crippen LogP contribution is -2.45. The van der Waals surface area contributed by atoms with Crippen molar-refractivity contribution in [3.8, 4) is 0 Å². The van der Waals surface area contributed by atoms with Gasteiger partial charge in [-0.2, -0.15) is 0 Å². The first-order chi connectivity index (χ1) is 9.67. The molecule has 0 aliphatic rings. The topological polar surface area (TPSA) is 89.5 Å². The second kappa shape index (κ2) is 6.71. The van der Waals surface area contributed by atoms with E-state index in [2.05, 4.69) is 10.1 Å². The number of sulfone groups is 1. The van der Waals surface area contributed by atoms with Crippen molar-refractivity contribution in [1.82, 2.24) is 5.32 Å². The van der Waals surface area contributed by atoms with Crippen LogP contribution in [0.3, 0.4) is 0 Å². The van der Waals surface area contributed by atoms with Crippen molar-refractivity contribution in [3.63, 3.8) is 0 Å². The van der Waals surface area contributed by atoms with Crippen molar-refractivity contribution >= 4 is 21.7 Å². The Hall–Kier alpha value is -1.89. The quantitative estimate of drug-likeness (QED) is 0.810. The molecule has 0 saturated heterocycles. The zero-order valence-electron chi connectivity index (χ0n) is 12.5. The standard InChI is InChI=1S/C14H19NO5S/c1-9-5-6-12(7-10(9)2)21(18,19)8-13(14(17)20-4)15-11(3)16/h5-7,13H,8H2,1-4H3,(H,15,16). The molecular weight excluding hydrogens is 294 g/mol. The summed E-state index contributed by atoms with van der Waals surface area (Å²) >= 11 is 0. The van der Waals surface area contributed by atoms with Gasteiger partial charge in [0.05, 0.1) is 17.8 Å². The fourth-order valence-electron chi connectivity index (χ4n) is 1.78. The molecule has 0 spiro atoms. The van der Waals surface area contributed by atoms with Gasteiger partial charge in [0.25, 0.3) is 0 Å². The predicted octanol–water partition coefficient (Wildman–Crippen LogP) is 0.755. The van der Waals surface area contributed by atoms with Crippen molar-refractivity contribution in [3.05, 3.63) is 29.3 Å².